The van der Waals surface area contributed by atoms with Crippen molar-refractivity contribution in [1.82, 2.24) is 0 Å². The van der Waals surface area contributed by atoms with E-state index < -0.39 is 35.5 Å². The van der Waals surface area contributed by atoms with Gasteiger partial charge in [0.2, 0.25) is 5.75 Å². The van der Waals surface area contributed by atoms with Crippen molar-refractivity contribution in [3.8, 4) is 11.5 Å². The van der Waals surface area contributed by atoms with Crippen molar-refractivity contribution in [1.29, 1.82) is 0 Å². The monoisotopic (exact) mass is 292 g/mol. The van der Waals surface area contributed by atoms with Gasteiger partial charge in [0.25, 0.3) is 0 Å². The largest absolute Gasteiger partial charge is 0.504 e. The van der Waals surface area contributed by atoms with E-state index in [4.69, 9.17) is 14.3 Å². The summed E-state index contributed by atoms with van der Waals surface area (Å²) in [6, 6.07) is 0.979. The molecule has 1 aliphatic heterocycles. The normalized spacial score (nSPS) is 13.2. The lowest BCUT2D eigenvalue weighted by Gasteiger charge is -2.19. The van der Waals surface area contributed by atoms with Gasteiger partial charge in [-0.2, -0.15) is 0 Å². The number of rotatable bonds is 2. The Morgan fingerprint density at radius 1 is 1.29 bits per heavy atom. The SMILES string of the molecule is O=C(O)Cc1c2c3c(cc(O)c(O)c3oc1=O)C(=O)OC2. The van der Waals surface area contributed by atoms with Crippen LogP contribution >= 0.6 is 0 Å². The number of aliphatic carboxylic acids is 1. The van der Waals surface area contributed by atoms with Crippen molar-refractivity contribution in [3.63, 3.8) is 0 Å². The number of carbonyl (C=O) groups is 2. The second-order valence-corrected chi connectivity index (χ2v) is 4.49. The summed E-state index contributed by atoms with van der Waals surface area (Å²) in [6.45, 7) is -0.305. The lowest BCUT2D eigenvalue weighted by atomic mass is 9.96. The fraction of sp³-hybridized carbons (Fsp3) is 0.154. The van der Waals surface area contributed by atoms with Crippen LogP contribution < -0.4 is 5.63 Å². The van der Waals surface area contributed by atoms with E-state index >= 15 is 0 Å². The highest BCUT2D eigenvalue weighted by molar-refractivity contribution is 6.08. The Kier molecular flexibility index (Phi) is 2.62. The Balaban J connectivity index is 2.49. The van der Waals surface area contributed by atoms with Crippen LogP contribution in [-0.2, 0) is 22.6 Å². The minimum absolute atomic E-state index is 0.0809. The van der Waals surface area contributed by atoms with Gasteiger partial charge in [-0.3, -0.25) is 4.79 Å². The van der Waals surface area contributed by atoms with Crippen molar-refractivity contribution >= 4 is 22.9 Å². The summed E-state index contributed by atoms with van der Waals surface area (Å²) in [5.41, 5.74) is -1.43. The maximum absolute atomic E-state index is 11.9. The number of carboxylic acids is 1. The minimum atomic E-state index is -1.25. The molecule has 0 atom stereocenters. The second-order valence-electron chi connectivity index (χ2n) is 4.49. The number of esters is 1. The Hall–Kier alpha value is -3.03. The Morgan fingerprint density at radius 3 is 2.67 bits per heavy atom. The Bertz CT molecular complexity index is 861. The average molecular weight is 292 g/mol. The van der Waals surface area contributed by atoms with E-state index in [1.807, 2.05) is 0 Å². The number of carboxylic acid groups (broad SMARTS) is 1. The van der Waals surface area contributed by atoms with E-state index in [0.29, 0.717) is 0 Å². The van der Waals surface area contributed by atoms with Crippen molar-refractivity contribution < 1.29 is 34.1 Å². The number of hydrogen-bond donors (Lipinski definition) is 3. The van der Waals surface area contributed by atoms with Gasteiger partial charge in [-0.1, -0.05) is 0 Å². The molecule has 21 heavy (non-hydrogen) atoms. The second kappa shape index (κ2) is 4.23. The summed E-state index contributed by atoms with van der Waals surface area (Å²) < 4.78 is 9.74. The number of phenolic OH excluding ortho intramolecular Hbond substituents is 2. The first-order chi connectivity index (χ1) is 9.90. The van der Waals surface area contributed by atoms with E-state index in [-0.39, 0.29) is 34.3 Å². The molecule has 8 heteroatoms. The first-order valence-electron chi connectivity index (χ1n) is 5.82. The third-order valence-corrected chi connectivity index (χ3v) is 3.24. The van der Waals surface area contributed by atoms with Gasteiger partial charge in [-0.25, -0.2) is 9.59 Å². The fourth-order valence-corrected chi connectivity index (χ4v) is 2.33. The molecule has 1 aliphatic rings. The number of phenols is 2. The molecule has 0 saturated carbocycles. The van der Waals surface area contributed by atoms with Crippen LogP contribution in [0.2, 0.25) is 0 Å². The predicted molar refractivity (Wildman–Crippen MR) is 66.3 cm³/mol. The number of hydrogen-bond acceptors (Lipinski definition) is 7. The molecule has 0 aliphatic carbocycles. The molecule has 2 aromatic rings. The fourth-order valence-electron chi connectivity index (χ4n) is 2.33. The third-order valence-electron chi connectivity index (χ3n) is 3.24. The first kappa shape index (κ1) is 13.0. The summed E-state index contributed by atoms with van der Waals surface area (Å²) in [4.78, 5) is 34.4. The van der Waals surface area contributed by atoms with E-state index in [0.717, 1.165) is 6.07 Å². The molecule has 0 amide bonds. The summed E-state index contributed by atoms with van der Waals surface area (Å²) in [7, 11) is 0. The predicted octanol–water partition coefficient (Wildman–Crippen LogP) is 0.502. The zero-order chi connectivity index (χ0) is 15.3. The maximum atomic E-state index is 11.9. The van der Waals surface area contributed by atoms with E-state index in [9.17, 15) is 24.6 Å². The summed E-state index contributed by atoms with van der Waals surface area (Å²) in [6.07, 6.45) is -0.605. The van der Waals surface area contributed by atoms with Crippen LogP contribution in [-0.4, -0.2) is 27.3 Å². The lowest BCUT2D eigenvalue weighted by molar-refractivity contribution is -0.136. The summed E-state index contributed by atoms with van der Waals surface area (Å²) >= 11 is 0. The third kappa shape index (κ3) is 1.80. The molecular weight excluding hydrogens is 284 g/mol. The van der Waals surface area contributed by atoms with Gasteiger partial charge < -0.3 is 24.5 Å². The first-order valence-corrected chi connectivity index (χ1v) is 5.82. The zero-order valence-corrected chi connectivity index (χ0v) is 10.4. The van der Waals surface area contributed by atoms with Crippen molar-refractivity contribution in [2.45, 2.75) is 13.0 Å². The van der Waals surface area contributed by atoms with Crippen molar-refractivity contribution in [3.05, 3.63) is 33.2 Å². The lowest BCUT2D eigenvalue weighted by Crippen LogP contribution is -2.21. The molecule has 3 rings (SSSR count). The zero-order valence-electron chi connectivity index (χ0n) is 10.4. The van der Waals surface area contributed by atoms with Gasteiger partial charge in [0.15, 0.2) is 11.3 Å². The van der Waals surface area contributed by atoms with Crippen LogP contribution in [0.1, 0.15) is 21.5 Å². The number of ether oxygens (including phenoxy) is 1. The summed E-state index contributed by atoms with van der Waals surface area (Å²) in [5.74, 6) is -3.35. The molecule has 108 valence electrons. The maximum Gasteiger partial charge on any atom is 0.340 e. The Labute approximate surface area is 115 Å². The van der Waals surface area contributed by atoms with Gasteiger partial charge in [-0.05, 0) is 6.07 Å². The van der Waals surface area contributed by atoms with Gasteiger partial charge in [0.05, 0.1) is 17.5 Å². The van der Waals surface area contributed by atoms with Crippen LogP contribution in [0.5, 0.6) is 11.5 Å². The molecule has 1 aromatic carbocycles. The quantitative estimate of drug-likeness (QED) is 0.414. The molecule has 1 aromatic heterocycles. The summed E-state index contributed by atoms with van der Waals surface area (Å²) in [5, 5.41) is 28.2. The smallest absolute Gasteiger partial charge is 0.340 e. The van der Waals surface area contributed by atoms with Gasteiger partial charge in [-0.15, -0.1) is 0 Å². The molecule has 0 saturated heterocycles. The highest BCUT2D eigenvalue weighted by atomic mass is 16.5. The standard InChI is InChI=1S/C13H8O8/c14-7-1-5-9-6(3-20-12(5)18)4(2-8(15)16)13(19)21-11(9)10(7)17/h1,14,17H,2-3H2,(H,15,16). The topological polar surface area (TPSA) is 134 Å². The molecule has 0 spiro atoms. The highest BCUT2D eigenvalue weighted by Crippen LogP contribution is 2.40. The van der Waals surface area contributed by atoms with Crippen molar-refractivity contribution in [2.75, 3.05) is 0 Å². The van der Waals surface area contributed by atoms with Crippen LogP contribution in [0.4, 0.5) is 0 Å². The van der Waals surface area contributed by atoms with Crippen LogP contribution in [0.3, 0.4) is 0 Å². The van der Waals surface area contributed by atoms with Gasteiger partial charge in [0.1, 0.15) is 6.61 Å². The Morgan fingerprint density at radius 2 is 2.00 bits per heavy atom. The van der Waals surface area contributed by atoms with Crippen LogP contribution in [0.15, 0.2) is 15.3 Å². The molecule has 0 radical (unpaired) electrons. The van der Waals surface area contributed by atoms with Gasteiger partial charge in [0, 0.05) is 10.9 Å². The van der Waals surface area contributed by atoms with Gasteiger partial charge >= 0.3 is 17.6 Å². The van der Waals surface area contributed by atoms with Crippen LogP contribution in [0.25, 0.3) is 11.0 Å². The highest BCUT2D eigenvalue weighted by Gasteiger charge is 2.30. The van der Waals surface area contributed by atoms with E-state index in [2.05, 4.69) is 0 Å². The number of cyclic esters (lactones) is 1. The van der Waals surface area contributed by atoms with Crippen LogP contribution in [0, 0.1) is 0 Å². The molecule has 3 N–H and O–H groups in total. The molecule has 0 fully saturated rings. The molecular formula is C13H8O8. The molecule has 8 nitrogen and oxygen atoms in total. The van der Waals surface area contributed by atoms with E-state index in [1.54, 1.807) is 0 Å². The van der Waals surface area contributed by atoms with E-state index in [1.165, 1.54) is 0 Å². The minimum Gasteiger partial charge on any atom is -0.504 e. The van der Waals surface area contributed by atoms with Crippen molar-refractivity contribution in [2.24, 2.45) is 0 Å². The number of carbonyl (C=O) groups excluding carboxylic acids is 1. The number of aromatic hydroxyl groups is 2. The number of benzene rings is 1. The molecule has 0 unspecified atom stereocenters. The average Bonchev–Trinajstić information content (AvgIpc) is 2.41. The molecule has 2 heterocycles. The molecule has 0 bridgehead atoms.